The monoisotopic (exact) mass is 449 g/mol. The van der Waals surface area contributed by atoms with Crippen LogP contribution in [-0.2, 0) is 6.42 Å². The molecule has 0 bridgehead atoms. The van der Waals surface area contributed by atoms with Crippen molar-refractivity contribution in [2.24, 2.45) is 5.10 Å². The van der Waals surface area contributed by atoms with E-state index in [0.717, 1.165) is 18.6 Å². The van der Waals surface area contributed by atoms with Crippen LogP contribution in [0.5, 0.6) is 0 Å². The Kier molecular flexibility index (Phi) is 6.25. The number of rotatable bonds is 4. The zero-order valence-corrected chi connectivity index (χ0v) is 17.6. The van der Waals surface area contributed by atoms with Crippen molar-refractivity contribution in [1.82, 2.24) is 21.3 Å². The lowest BCUT2D eigenvalue weighted by Crippen LogP contribution is -2.41. The minimum atomic E-state index is -0.642. The molecule has 1 aromatic carbocycles. The largest absolute Gasteiger partial charge is 0.455 e. The van der Waals surface area contributed by atoms with E-state index in [1.807, 2.05) is 0 Å². The lowest BCUT2D eigenvalue weighted by molar-refractivity contribution is 0.0829. The summed E-state index contributed by atoms with van der Waals surface area (Å²) in [5.41, 5.74) is 9.48. The number of pyridine rings is 1. The minimum Gasteiger partial charge on any atom is -0.455 e. The van der Waals surface area contributed by atoms with Gasteiger partial charge in [0.2, 0.25) is 0 Å². The van der Waals surface area contributed by atoms with Gasteiger partial charge in [0.1, 0.15) is 11.6 Å². The van der Waals surface area contributed by atoms with E-state index in [2.05, 4.69) is 26.4 Å². The van der Waals surface area contributed by atoms with Gasteiger partial charge in [-0.1, -0.05) is 0 Å². The van der Waals surface area contributed by atoms with Crippen LogP contribution in [0.2, 0.25) is 0 Å². The summed E-state index contributed by atoms with van der Waals surface area (Å²) in [4.78, 5) is 41.0. The molecule has 0 radical (unpaired) electrons. The molecule has 3 N–H and O–H groups in total. The molecular formula is C23H20FN5O4. The molecule has 0 atom stereocenters. The normalized spacial score (nSPS) is 13.8. The van der Waals surface area contributed by atoms with E-state index in [-0.39, 0.29) is 11.3 Å². The molecule has 3 amide bonds. The summed E-state index contributed by atoms with van der Waals surface area (Å²) in [5, 5.41) is 4.25. The number of benzene rings is 1. The highest BCUT2D eigenvalue weighted by molar-refractivity contribution is 6.07. The van der Waals surface area contributed by atoms with Gasteiger partial charge in [-0.05, 0) is 56.2 Å². The highest BCUT2D eigenvalue weighted by atomic mass is 19.1. The highest BCUT2D eigenvalue weighted by Crippen LogP contribution is 2.29. The molecule has 1 aliphatic rings. The quantitative estimate of drug-likeness (QED) is 0.528. The number of hydrazine groups is 1. The number of fused-ring (bicyclic) bond motifs is 1. The Balaban J connectivity index is 1.47. The molecule has 1 aliphatic carbocycles. The number of amides is 3. The molecule has 0 fully saturated rings. The van der Waals surface area contributed by atoms with Crippen LogP contribution in [0.25, 0.3) is 0 Å². The molecule has 2 heterocycles. The van der Waals surface area contributed by atoms with Crippen LogP contribution in [0.1, 0.15) is 61.0 Å². The first kappa shape index (κ1) is 21.9. The lowest BCUT2D eigenvalue weighted by Gasteiger charge is -2.13. The van der Waals surface area contributed by atoms with E-state index in [4.69, 9.17) is 4.42 Å². The predicted molar refractivity (Wildman–Crippen MR) is 116 cm³/mol. The van der Waals surface area contributed by atoms with E-state index in [1.54, 1.807) is 25.3 Å². The smallest absolute Gasteiger partial charge is 0.305 e. The summed E-state index contributed by atoms with van der Waals surface area (Å²) >= 11 is 0. The molecule has 3 aromatic rings. The maximum absolute atomic E-state index is 13.0. The van der Waals surface area contributed by atoms with Gasteiger partial charge in [-0.2, -0.15) is 5.10 Å². The third kappa shape index (κ3) is 4.79. The fourth-order valence-corrected chi connectivity index (χ4v) is 3.52. The van der Waals surface area contributed by atoms with Crippen LogP contribution in [0.3, 0.4) is 0 Å². The number of aromatic nitrogens is 1. The zero-order chi connectivity index (χ0) is 23.4. The highest BCUT2D eigenvalue weighted by Gasteiger charge is 2.28. The molecule has 0 spiro atoms. The Morgan fingerprint density at radius 3 is 2.48 bits per heavy atom. The van der Waals surface area contributed by atoms with Crippen molar-refractivity contribution in [3.8, 4) is 0 Å². The third-order valence-corrected chi connectivity index (χ3v) is 5.14. The van der Waals surface area contributed by atoms with Crippen molar-refractivity contribution in [2.75, 3.05) is 0 Å². The molecule has 168 valence electrons. The van der Waals surface area contributed by atoms with Crippen LogP contribution in [0.15, 0.2) is 58.3 Å². The van der Waals surface area contributed by atoms with Gasteiger partial charge in [0.15, 0.2) is 5.76 Å². The van der Waals surface area contributed by atoms with Gasteiger partial charge in [0.05, 0.1) is 11.3 Å². The number of furan rings is 1. The fraction of sp³-hybridized carbons (Fsp3) is 0.174. The number of hydrazone groups is 1. The first-order valence-electron chi connectivity index (χ1n) is 10.2. The maximum atomic E-state index is 13.0. The number of hydrogen-bond acceptors (Lipinski definition) is 6. The summed E-state index contributed by atoms with van der Waals surface area (Å²) in [6.07, 6.45) is 4.96. The van der Waals surface area contributed by atoms with Gasteiger partial charge in [-0.25, -0.2) is 9.82 Å². The first-order valence-corrected chi connectivity index (χ1v) is 10.2. The Hall–Kier alpha value is -4.34. The first-order chi connectivity index (χ1) is 15.9. The number of carbonyl (C=O) groups excluding carboxylic acids is 3. The summed E-state index contributed by atoms with van der Waals surface area (Å²) < 4.78 is 18.8. The predicted octanol–water partition coefficient (Wildman–Crippen LogP) is 2.67. The molecular weight excluding hydrogens is 429 g/mol. The molecule has 0 saturated heterocycles. The van der Waals surface area contributed by atoms with Gasteiger partial charge < -0.3 is 4.42 Å². The summed E-state index contributed by atoms with van der Waals surface area (Å²) in [6, 6.07) is 8.18. The number of nitrogens with zero attached hydrogens (tertiary/aromatic N) is 2. The van der Waals surface area contributed by atoms with Gasteiger partial charge in [-0.15, -0.1) is 0 Å². The van der Waals surface area contributed by atoms with Crippen LogP contribution in [0, 0.1) is 12.7 Å². The van der Waals surface area contributed by atoms with Crippen LogP contribution >= 0.6 is 0 Å². The Morgan fingerprint density at radius 1 is 1.00 bits per heavy atom. The molecule has 33 heavy (non-hydrogen) atoms. The number of aryl methyl sites for hydroxylation is 1. The summed E-state index contributed by atoms with van der Waals surface area (Å²) in [6.45, 7) is 1.71. The second-order valence-electron chi connectivity index (χ2n) is 7.36. The Labute approximate surface area is 188 Å². The van der Waals surface area contributed by atoms with E-state index in [9.17, 15) is 18.8 Å². The summed E-state index contributed by atoms with van der Waals surface area (Å²) in [7, 11) is 0. The van der Waals surface area contributed by atoms with E-state index >= 15 is 0 Å². The number of carbonyl (C=O) groups is 3. The number of halogens is 1. The van der Waals surface area contributed by atoms with Crippen molar-refractivity contribution in [3.05, 3.63) is 88.4 Å². The minimum absolute atomic E-state index is 0.0348. The van der Waals surface area contributed by atoms with E-state index < -0.39 is 23.5 Å². The average molecular weight is 449 g/mol. The topological polar surface area (TPSA) is 126 Å². The van der Waals surface area contributed by atoms with Crippen molar-refractivity contribution in [2.45, 2.75) is 26.2 Å². The standard InChI is InChI=1S/C23H20FN5O4/c1-13-19-17(26-27-22(31)15-4-3-11-25-12-15)5-2-6-18(19)33-20(13)23(32)29-28-21(30)14-7-9-16(24)10-8-14/h3-4,7-12H,2,5-6H2,1H3,(H,27,31)(H,28,30)(H,29,32)/b26-17+. The van der Waals surface area contributed by atoms with Crippen LogP contribution in [0.4, 0.5) is 4.39 Å². The molecule has 10 heteroatoms. The molecule has 0 saturated carbocycles. The molecule has 2 aromatic heterocycles. The molecule has 0 unspecified atom stereocenters. The maximum Gasteiger partial charge on any atom is 0.305 e. The molecule has 0 aliphatic heterocycles. The SMILES string of the molecule is Cc1c(C(=O)NNC(=O)c2ccc(F)cc2)oc2c1/C(=N/NC(=O)c1cccnc1)CCC2. The van der Waals surface area contributed by atoms with Crippen molar-refractivity contribution in [3.63, 3.8) is 0 Å². The van der Waals surface area contributed by atoms with Crippen molar-refractivity contribution >= 4 is 23.4 Å². The molecule has 9 nitrogen and oxygen atoms in total. The van der Waals surface area contributed by atoms with Gasteiger partial charge in [-0.3, -0.25) is 30.2 Å². The average Bonchev–Trinajstić information content (AvgIpc) is 3.19. The van der Waals surface area contributed by atoms with Gasteiger partial charge in [0, 0.05) is 35.5 Å². The van der Waals surface area contributed by atoms with Crippen LogP contribution in [-0.4, -0.2) is 28.4 Å². The van der Waals surface area contributed by atoms with Crippen molar-refractivity contribution in [1.29, 1.82) is 0 Å². The lowest BCUT2D eigenvalue weighted by atomic mass is 9.93. The zero-order valence-electron chi connectivity index (χ0n) is 17.6. The van der Waals surface area contributed by atoms with Crippen molar-refractivity contribution < 1.29 is 23.2 Å². The Bertz CT molecular complexity index is 1240. The fourth-order valence-electron chi connectivity index (χ4n) is 3.52. The third-order valence-electron chi connectivity index (χ3n) is 5.14. The van der Waals surface area contributed by atoms with Gasteiger partial charge >= 0.3 is 5.91 Å². The second kappa shape index (κ2) is 9.43. The molecule has 4 rings (SSSR count). The summed E-state index contributed by atoms with van der Waals surface area (Å²) in [5.74, 6) is -1.49. The Morgan fingerprint density at radius 2 is 1.76 bits per heavy atom. The number of nitrogens with one attached hydrogen (secondary N) is 3. The number of hydrogen-bond donors (Lipinski definition) is 3. The van der Waals surface area contributed by atoms with E-state index in [0.29, 0.717) is 41.0 Å². The second-order valence-corrected chi connectivity index (χ2v) is 7.36. The van der Waals surface area contributed by atoms with Crippen LogP contribution < -0.4 is 16.3 Å². The van der Waals surface area contributed by atoms with E-state index in [1.165, 1.54) is 18.3 Å². The van der Waals surface area contributed by atoms with Gasteiger partial charge in [0.25, 0.3) is 11.8 Å².